The smallest absolute Gasteiger partial charge is 0.344 e. The molecule has 2 rings (SSSR count). The number of thiazole rings is 1. The van der Waals surface area contributed by atoms with Gasteiger partial charge in [0.1, 0.15) is 6.07 Å². The first-order valence-electron chi connectivity index (χ1n) is 5.35. The Morgan fingerprint density at radius 1 is 1.61 bits per heavy atom. The summed E-state index contributed by atoms with van der Waals surface area (Å²) in [4.78, 5) is 11.8. The first-order valence-corrected chi connectivity index (χ1v) is 6.57. The molecule has 1 aromatic carbocycles. The Bertz CT molecular complexity index is 681. The molecule has 1 aromatic heterocycles. The summed E-state index contributed by atoms with van der Waals surface area (Å²) in [7, 11) is 0. The predicted molar refractivity (Wildman–Crippen MR) is 71.9 cm³/mol. The van der Waals surface area contributed by atoms with Crippen LogP contribution in [0.25, 0.3) is 10.2 Å². The standard InChI is InChI=1S/C12H10N2O2S2/c1-2-16-11(15)9(7-13)14-8-5-3-4-6-10(8)18-12(14)17/h3-6,9H,2H2,1H3. The normalized spacial score (nSPS) is 12.0. The molecule has 0 amide bonds. The van der Waals surface area contributed by atoms with Crippen molar-refractivity contribution in [1.82, 2.24) is 4.57 Å². The number of hydrogen-bond acceptors (Lipinski definition) is 5. The molecule has 18 heavy (non-hydrogen) atoms. The molecule has 0 saturated carbocycles. The number of para-hydroxylation sites is 1. The summed E-state index contributed by atoms with van der Waals surface area (Å²) in [6.45, 7) is 1.95. The van der Waals surface area contributed by atoms with Gasteiger partial charge in [-0.05, 0) is 31.3 Å². The van der Waals surface area contributed by atoms with Gasteiger partial charge in [-0.1, -0.05) is 12.1 Å². The Labute approximate surface area is 113 Å². The van der Waals surface area contributed by atoms with Crippen LogP contribution in [-0.2, 0) is 9.53 Å². The molecule has 0 N–H and O–H groups in total. The minimum atomic E-state index is -1.02. The number of esters is 1. The van der Waals surface area contributed by atoms with Crippen LogP contribution in [0.1, 0.15) is 13.0 Å². The molecule has 0 aliphatic carbocycles. The molecule has 0 spiro atoms. The van der Waals surface area contributed by atoms with Crippen LogP contribution in [0.3, 0.4) is 0 Å². The number of fused-ring (bicyclic) bond motifs is 1. The first-order chi connectivity index (χ1) is 8.69. The van der Waals surface area contributed by atoms with E-state index in [1.807, 2.05) is 30.3 Å². The zero-order chi connectivity index (χ0) is 13.1. The maximum atomic E-state index is 11.8. The largest absolute Gasteiger partial charge is 0.464 e. The molecule has 0 bridgehead atoms. The third-order valence-corrected chi connectivity index (χ3v) is 3.79. The second-order valence-electron chi connectivity index (χ2n) is 3.49. The average molecular weight is 278 g/mol. The quantitative estimate of drug-likeness (QED) is 0.639. The summed E-state index contributed by atoms with van der Waals surface area (Å²) in [5, 5.41) is 9.17. The van der Waals surface area contributed by atoms with E-state index in [0.717, 1.165) is 10.2 Å². The van der Waals surface area contributed by atoms with Gasteiger partial charge in [-0.2, -0.15) is 5.26 Å². The van der Waals surface area contributed by atoms with Crippen LogP contribution in [0.5, 0.6) is 0 Å². The van der Waals surface area contributed by atoms with Gasteiger partial charge in [0.05, 0.1) is 16.8 Å². The number of rotatable bonds is 3. The third kappa shape index (κ3) is 2.15. The minimum Gasteiger partial charge on any atom is -0.464 e. The van der Waals surface area contributed by atoms with E-state index in [1.54, 1.807) is 11.5 Å². The fraction of sp³-hybridized carbons (Fsp3) is 0.250. The maximum Gasteiger partial charge on any atom is 0.344 e. The monoisotopic (exact) mass is 278 g/mol. The Morgan fingerprint density at radius 3 is 3.00 bits per heavy atom. The van der Waals surface area contributed by atoms with Crippen molar-refractivity contribution in [2.45, 2.75) is 13.0 Å². The average Bonchev–Trinajstić information content (AvgIpc) is 2.68. The van der Waals surface area contributed by atoms with Crippen LogP contribution in [0, 0.1) is 15.3 Å². The van der Waals surface area contributed by atoms with E-state index < -0.39 is 12.0 Å². The predicted octanol–water partition coefficient (Wildman–Crippen LogP) is 3.06. The fourth-order valence-electron chi connectivity index (χ4n) is 1.67. The van der Waals surface area contributed by atoms with Crippen molar-refractivity contribution in [2.75, 3.05) is 6.61 Å². The molecule has 0 saturated heterocycles. The lowest BCUT2D eigenvalue weighted by Gasteiger charge is -2.10. The molecule has 0 aliphatic heterocycles. The van der Waals surface area contributed by atoms with Gasteiger partial charge in [-0.15, -0.1) is 11.3 Å². The highest BCUT2D eigenvalue weighted by molar-refractivity contribution is 7.73. The van der Waals surface area contributed by atoms with Gasteiger partial charge in [0.25, 0.3) is 0 Å². The highest BCUT2D eigenvalue weighted by atomic mass is 32.1. The van der Waals surface area contributed by atoms with Gasteiger partial charge < -0.3 is 4.74 Å². The molecule has 2 aromatic rings. The van der Waals surface area contributed by atoms with Crippen molar-refractivity contribution in [2.24, 2.45) is 0 Å². The molecule has 1 heterocycles. The Balaban J connectivity index is 2.59. The number of hydrogen-bond donors (Lipinski definition) is 0. The number of benzene rings is 1. The summed E-state index contributed by atoms with van der Waals surface area (Å²) in [5.41, 5.74) is 0.784. The van der Waals surface area contributed by atoms with Crippen LogP contribution in [-0.4, -0.2) is 17.1 Å². The van der Waals surface area contributed by atoms with Crippen LogP contribution in [0.15, 0.2) is 24.3 Å². The molecule has 0 fully saturated rings. The lowest BCUT2D eigenvalue weighted by atomic mass is 10.3. The fourth-order valence-corrected chi connectivity index (χ4v) is 3.05. The number of ether oxygens (including phenoxy) is 1. The number of nitriles is 1. The topological polar surface area (TPSA) is 55.0 Å². The highest BCUT2D eigenvalue weighted by Crippen LogP contribution is 2.26. The molecular weight excluding hydrogens is 268 g/mol. The molecule has 6 heteroatoms. The first kappa shape index (κ1) is 12.7. The van der Waals surface area contributed by atoms with Gasteiger partial charge in [-0.3, -0.25) is 4.57 Å². The molecule has 4 nitrogen and oxygen atoms in total. The minimum absolute atomic E-state index is 0.242. The highest BCUT2D eigenvalue weighted by Gasteiger charge is 2.24. The molecule has 1 atom stereocenters. The van der Waals surface area contributed by atoms with Crippen LogP contribution < -0.4 is 0 Å². The van der Waals surface area contributed by atoms with Crippen LogP contribution >= 0.6 is 23.6 Å². The second kappa shape index (κ2) is 5.29. The van der Waals surface area contributed by atoms with E-state index in [4.69, 9.17) is 22.2 Å². The van der Waals surface area contributed by atoms with E-state index in [2.05, 4.69) is 0 Å². The third-order valence-electron chi connectivity index (χ3n) is 2.41. The number of aromatic nitrogens is 1. The zero-order valence-electron chi connectivity index (χ0n) is 9.62. The SMILES string of the molecule is CCOC(=O)C(C#N)n1c(=S)sc2ccccc21. The van der Waals surface area contributed by atoms with Gasteiger partial charge in [0.2, 0.25) is 6.04 Å². The van der Waals surface area contributed by atoms with Crippen LogP contribution in [0.2, 0.25) is 0 Å². The number of carbonyl (C=O) groups excluding carboxylic acids is 1. The van der Waals surface area contributed by atoms with Crippen molar-refractivity contribution in [3.63, 3.8) is 0 Å². The van der Waals surface area contributed by atoms with E-state index in [0.29, 0.717) is 3.95 Å². The Kier molecular flexibility index (Phi) is 3.75. The van der Waals surface area contributed by atoms with E-state index >= 15 is 0 Å². The Hall–Kier alpha value is -1.71. The number of carbonyl (C=O) groups is 1. The van der Waals surface area contributed by atoms with Crippen molar-refractivity contribution in [3.05, 3.63) is 28.2 Å². The van der Waals surface area contributed by atoms with Gasteiger partial charge >= 0.3 is 5.97 Å². The maximum absolute atomic E-state index is 11.8. The summed E-state index contributed by atoms with van der Waals surface area (Å²) >= 11 is 6.60. The van der Waals surface area contributed by atoms with E-state index in [-0.39, 0.29) is 6.61 Å². The molecule has 0 radical (unpaired) electrons. The van der Waals surface area contributed by atoms with Gasteiger partial charge in [-0.25, -0.2) is 4.79 Å². The lowest BCUT2D eigenvalue weighted by molar-refractivity contribution is -0.145. The molecule has 92 valence electrons. The molecule has 0 aliphatic rings. The summed E-state index contributed by atoms with van der Waals surface area (Å²) in [6.07, 6.45) is 0. The second-order valence-corrected chi connectivity index (χ2v) is 5.17. The number of nitrogens with zero attached hydrogens (tertiary/aromatic N) is 2. The Morgan fingerprint density at radius 2 is 2.33 bits per heavy atom. The van der Waals surface area contributed by atoms with Crippen LogP contribution in [0.4, 0.5) is 0 Å². The summed E-state index contributed by atoms with van der Waals surface area (Å²) in [5.74, 6) is -0.570. The summed E-state index contributed by atoms with van der Waals surface area (Å²) < 4.78 is 7.89. The van der Waals surface area contributed by atoms with Crippen molar-refractivity contribution in [3.8, 4) is 6.07 Å². The van der Waals surface area contributed by atoms with E-state index in [9.17, 15) is 4.79 Å². The molecular formula is C12H10N2O2S2. The van der Waals surface area contributed by atoms with Crippen molar-refractivity contribution in [1.29, 1.82) is 5.26 Å². The van der Waals surface area contributed by atoms with E-state index in [1.165, 1.54) is 11.3 Å². The van der Waals surface area contributed by atoms with Gasteiger partial charge in [0.15, 0.2) is 3.95 Å². The van der Waals surface area contributed by atoms with Crippen molar-refractivity contribution < 1.29 is 9.53 Å². The lowest BCUT2D eigenvalue weighted by Crippen LogP contribution is -2.20. The molecule has 1 unspecified atom stereocenters. The zero-order valence-corrected chi connectivity index (χ0v) is 11.3. The van der Waals surface area contributed by atoms with Gasteiger partial charge in [0, 0.05) is 0 Å². The van der Waals surface area contributed by atoms with Crippen molar-refractivity contribution >= 4 is 39.7 Å². The summed E-state index contributed by atoms with van der Waals surface area (Å²) in [6, 6.07) is 8.42.